The summed E-state index contributed by atoms with van der Waals surface area (Å²) >= 11 is 0. The van der Waals surface area contributed by atoms with Crippen LogP contribution in [-0.2, 0) is 4.74 Å². The second-order valence-electron chi connectivity index (χ2n) is 7.80. The van der Waals surface area contributed by atoms with E-state index in [-0.39, 0.29) is 0 Å². The van der Waals surface area contributed by atoms with Crippen molar-refractivity contribution in [1.29, 1.82) is 0 Å². The van der Waals surface area contributed by atoms with E-state index in [0.29, 0.717) is 6.61 Å². The first-order valence-corrected chi connectivity index (χ1v) is 10.7. The number of rotatable bonds is 6. The Hall–Kier alpha value is -3.22. The number of benzene rings is 2. The first kappa shape index (κ1) is 19.7. The van der Waals surface area contributed by atoms with Crippen LogP contribution in [0, 0.1) is 6.92 Å². The topological polar surface area (TPSA) is 52.4 Å². The van der Waals surface area contributed by atoms with E-state index in [9.17, 15) is 0 Å². The van der Waals surface area contributed by atoms with Gasteiger partial charge >= 0.3 is 0 Å². The fourth-order valence-corrected chi connectivity index (χ4v) is 3.93. The Kier molecular flexibility index (Phi) is 5.65. The zero-order valence-corrected chi connectivity index (χ0v) is 17.7. The lowest BCUT2D eigenvalue weighted by Crippen LogP contribution is -2.38. The number of hydrogen-bond donors (Lipinski definition) is 0. The highest BCUT2D eigenvalue weighted by Gasteiger charge is 2.10. The highest BCUT2D eigenvalue weighted by Crippen LogP contribution is 2.27. The van der Waals surface area contributed by atoms with Crippen molar-refractivity contribution in [2.24, 2.45) is 0 Å². The molecule has 0 N–H and O–H groups in total. The summed E-state index contributed by atoms with van der Waals surface area (Å²) < 4.78 is 13.2. The van der Waals surface area contributed by atoms with Crippen LogP contribution in [0.2, 0.25) is 0 Å². The second-order valence-corrected chi connectivity index (χ2v) is 7.80. The molecule has 1 fully saturated rings. The number of ether oxygens (including phenoxy) is 2. The van der Waals surface area contributed by atoms with Crippen molar-refractivity contribution in [3.8, 4) is 22.7 Å². The van der Waals surface area contributed by atoms with Crippen LogP contribution < -0.4 is 4.74 Å². The van der Waals surface area contributed by atoms with Crippen molar-refractivity contribution in [3.63, 3.8) is 0 Å². The number of morpholine rings is 1. The third kappa shape index (κ3) is 4.45. The smallest absolute Gasteiger partial charge is 0.119 e. The van der Waals surface area contributed by atoms with E-state index in [1.807, 2.05) is 29.1 Å². The highest BCUT2D eigenvalue weighted by atomic mass is 16.5. The molecule has 1 aliphatic heterocycles. The third-order valence-corrected chi connectivity index (χ3v) is 5.70. The quantitative estimate of drug-likeness (QED) is 0.475. The standard InChI is InChI=1S/C25H26N4O2/c1-19-17-25(27-24-8-5-21(18-23(19)24)29-10-2-9-26-29)20-3-6-22(7-4-20)31-16-13-28-11-14-30-15-12-28/h2-10,17-18H,11-16H2,1H3. The zero-order valence-electron chi connectivity index (χ0n) is 17.7. The lowest BCUT2D eigenvalue weighted by molar-refractivity contribution is 0.0322. The molecule has 0 aliphatic carbocycles. The Morgan fingerprint density at radius 2 is 1.87 bits per heavy atom. The van der Waals surface area contributed by atoms with Gasteiger partial charge in [0.2, 0.25) is 0 Å². The van der Waals surface area contributed by atoms with Crippen LogP contribution in [0.3, 0.4) is 0 Å². The van der Waals surface area contributed by atoms with Crippen LogP contribution in [0.1, 0.15) is 5.56 Å². The molecule has 2 aromatic carbocycles. The Balaban J connectivity index is 1.30. The van der Waals surface area contributed by atoms with Gasteiger partial charge < -0.3 is 9.47 Å². The van der Waals surface area contributed by atoms with E-state index in [0.717, 1.165) is 66.4 Å². The van der Waals surface area contributed by atoms with Gasteiger partial charge in [-0.1, -0.05) is 0 Å². The molecule has 1 aliphatic rings. The average molecular weight is 415 g/mol. The molecule has 0 unspecified atom stereocenters. The highest BCUT2D eigenvalue weighted by molar-refractivity contribution is 5.86. The summed E-state index contributed by atoms with van der Waals surface area (Å²) in [5, 5.41) is 5.46. The molecule has 1 saturated heterocycles. The number of hydrogen-bond acceptors (Lipinski definition) is 5. The molecule has 3 heterocycles. The number of nitrogens with zero attached hydrogens (tertiary/aromatic N) is 4. The minimum atomic E-state index is 0.686. The van der Waals surface area contributed by atoms with Crippen LogP contribution in [-0.4, -0.2) is 59.1 Å². The average Bonchev–Trinajstić information content (AvgIpc) is 3.35. The minimum Gasteiger partial charge on any atom is -0.492 e. The van der Waals surface area contributed by atoms with Gasteiger partial charge in [-0.3, -0.25) is 4.90 Å². The van der Waals surface area contributed by atoms with Crippen molar-refractivity contribution >= 4 is 10.9 Å². The van der Waals surface area contributed by atoms with Crippen molar-refractivity contribution in [3.05, 3.63) is 72.6 Å². The van der Waals surface area contributed by atoms with Gasteiger partial charge in [-0.15, -0.1) is 0 Å². The molecule has 4 aromatic rings. The summed E-state index contributed by atoms with van der Waals surface area (Å²) in [6.07, 6.45) is 3.73. The number of pyridine rings is 1. The van der Waals surface area contributed by atoms with E-state index in [2.05, 4.69) is 53.3 Å². The molecule has 6 heteroatoms. The van der Waals surface area contributed by atoms with Gasteiger partial charge in [0.1, 0.15) is 12.4 Å². The largest absolute Gasteiger partial charge is 0.492 e. The fourth-order valence-electron chi connectivity index (χ4n) is 3.93. The molecule has 0 saturated carbocycles. The van der Waals surface area contributed by atoms with E-state index < -0.39 is 0 Å². The van der Waals surface area contributed by atoms with Crippen molar-refractivity contribution in [2.45, 2.75) is 6.92 Å². The summed E-state index contributed by atoms with van der Waals surface area (Å²) in [4.78, 5) is 7.27. The molecule has 158 valence electrons. The second kappa shape index (κ2) is 8.88. The number of aromatic nitrogens is 3. The van der Waals surface area contributed by atoms with Gasteiger partial charge in [-0.25, -0.2) is 9.67 Å². The van der Waals surface area contributed by atoms with E-state index in [1.165, 1.54) is 5.56 Å². The molecule has 5 rings (SSSR count). The van der Waals surface area contributed by atoms with E-state index in [1.54, 1.807) is 6.20 Å². The molecule has 2 aromatic heterocycles. The molecule has 31 heavy (non-hydrogen) atoms. The Morgan fingerprint density at radius 3 is 2.65 bits per heavy atom. The third-order valence-electron chi connectivity index (χ3n) is 5.70. The van der Waals surface area contributed by atoms with Crippen LogP contribution >= 0.6 is 0 Å². The monoisotopic (exact) mass is 414 g/mol. The van der Waals surface area contributed by atoms with Crippen LogP contribution in [0.25, 0.3) is 27.8 Å². The molecule has 0 bridgehead atoms. The normalized spacial score (nSPS) is 14.7. The molecular weight excluding hydrogens is 388 g/mol. The summed E-state index contributed by atoms with van der Waals surface area (Å²) in [5.74, 6) is 0.887. The first-order chi connectivity index (χ1) is 15.3. The maximum atomic E-state index is 5.93. The van der Waals surface area contributed by atoms with Gasteiger partial charge in [-0.2, -0.15) is 5.10 Å². The predicted octanol–water partition coefficient (Wildman–Crippen LogP) is 4.11. The maximum absolute atomic E-state index is 5.93. The van der Waals surface area contributed by atoms with Gasteiger partial charge in [0, 0.05) is 43.0 Å². The summed E-state index contributed by atoms with van der Waals surface area (Å²) in [6, 6.07) is 18.5. The first-order valence-electron chi connectivity index (χ1n) is 10.7. The van der Waals surface area contributed by atoms with E-state index >= 15 is 0 Å². The van der Waals surface area contributed by atoms with Crippen molar-refractivity contribution in [2.75, 3.05) is 39.5 Å². The van der Waals surface area contributed by atoms with Crippen molar-refractivity contribution in [1.82, 2.24) is 19.7 Å². The Morgan fingerprint density at radius 1 is 1.03 bits per heavy atom. The summed E-state index contributed by atoms with van der Waals surface area (Å²) in [6.45, 7) is 7.35. The van der Waals surface area contributed by atoms with Crippen molar-refractivity contribution < 1.29 is 9.47 Å². The van der Waals surface area contributed by atoms with Gasteiger partial charge in [-0.05, 0) is 67.1 Å². The SMILES string of the molecule is Cc1cc(-c2ccc(OCCN3CCOCC3)cc2)nc2ccc(-n3cccn3)cc12. The van der Waals surface area contributed by atoms with Crippen LogP contribution in [0.15, 0.2) is 67.0 Å². The number of fused-ring (bicyclic) bond motifs is 1. The van der Waals surface area contributed by atoms with E-state index in [4.69, 9.17) is 14.5 Å². The molecule has 6 nitrogen and oxygen atoms in total. The minimum absolute atomic E-state index is 0.686. The van der Waals surface area contributed by atoms with Crippen LogP contribution in [0.5, 0.6) is 5.75 Å². The Labute approximate surface area is 182 Å². The predicted molar refractivity (Wildman–Crippen MR) is 122 cm³/mol. The molecule has 0 spiro atoms. The van der Waals surface area contributed by atoms with Gasteiger partial charge in [0.15, 0.2) is 0 Å². The molecule has 0 radical (unpaired) electrons. The molecule has 0 amide bonds. The summed E-state index contributed by atoms with van der Waals surface area (Å²) in [7, 11) is 0. The Bertz CT molecular complexity index is 1150. The lowest BCUT2D eigenvalue weighted by Gasteiger charge is -2.26. The maximum Gasteiger partial charge on any atom is 0.119 e. The zero-order chi connectivity index (χ0) is 21.0. The van der Waals surface area contributed by atoms with Gasteiger partial charge in [0.25, 0.3) is 0 Å². The molecular formula is C25H26N4O2. The number of aryl methyl sites for hydroxylation is 1. The lowest BCUT2D eigenvalue weighted by atomic mass is 10.0. The summed E-state index contributed by atoms with van der Waals surface area (Å²) in [5.41, 5.74) is 5.27. The fraction of sp³-hybridized carbons (Fsp3) is 0.280. The van der Waals surface area contributed by atoms with Crippen LogP contribution in [0.4, 0.5) is 0 Å². The molecule has 0 atom stereocenters. The van der Waals surface area contributed by atoms with Gasteiger partial charge in [0.05, 0.1) is 30.1 Å².